The van der Waals surface area contributed by atoms with Crippen molar-refractivity contribution in [2.75, 3.05) is 18.6 Å². The fraction of sp³-hybridized carbons (Fsp3) is 0.250. The molecule has 1 aliphatic heterocycles. The van der Waals surface area contributed by atoms with Crippen LogP contribution in [0.2, 0.25) is 10.0 Å². The molecule has 1 aromatic heterocycles. The number of hydrogen-bond acceptors (Lipinski definition) is 9. The van der Waals surface area contributed by atoms with Gasteiger partial charge in [0.25, 0.3) is 5.78 Å². The molecule has 1 atom stereocenters. The van der Waals surface area contributed by atoms with Gasteiger partial charge in [-0.3, -0.25) is 14.5 Å². The Balaban J connectivity index is 1.53. The maximum absolute atomic E-state index is 13.6. The zero-order valence-corrected chi connectivity index (χ0v) is 29.0. The lowest BCUT2D eigenvalue weighted by Crippen LogP contribution is -2.29. The highest BCUT2D eigenvalue weighted by Crippen LogP contribution is 2.46. The highest BCUT2D eigenvalue weighted by atomic mass is 79.9. The van der Waals surface area contributed by atoms with Crippen molar-refractivity contribution in [1.82, 2.24) is 10.2 Å². The van der Waals surface area contributed by atoms with Crippen molar-refractivity contribution in [3.8, 4) is 11.5 Å². The van der Waals surface area contributed by atoms with Crippen LogP contribution in [0, 0.1) is 0 Å². The lowest BCUT2D eigenvalue weighted by Gasteiger charge is -2.23. The van der Waals surface area contributed by atoms with Crippen molar-refractivity contribution in [2.24, 2.45) is 0 Å². The van der Waals surface area contributed by atoms with Gasteiger partial charge in [-0.15, -0.1) is 10.2 Å². The summed E-state index contributed by atoms with van der Waals surface area (Å²) in [6.45, 7) is 2.65. The Morgan fingerprint density at radius 1 is 1.04 bits per heavy atom. The van der Waals surface area contributed by atoms with E-state index in [2.05, 4.69) is 33.1 Å². The SMILES string of the molecule is CCCCCOc1ccc(C2/C(=C(/O)c3ccc(Br)cc3)C(=O)C(=O)N2c2nnc(SCc3ccc(Cl)cc3Cl)s2)cc1OC. The fourth-order valence-electron chi connectivity index (χ4n) is 4.75. The minimum absolute atomic E-state index is 0.0710. The molecule has 45 heavy (non-hydrogen) atoms. The Kier molecular flexibility index (Phi) is 11.1. The number of thioether (sulfide) groups is 1. The van der Waals surface area contributed by atoms with Gasteiger partial charge in [0.15, 0.2) is 15.8 Å². The summed E-state index contributed by atoms with van der Waals surface area (Å²) in [5.41, 5.74) is 1.71. The van der Waals surface area contributed by atoms with Gasteiger partial charge in [0.1, 0.15) is 5.76 Å². The number of halogens is 3. The van der Waals surface area contributed by atoms with Crippen LogP contribution in [0.1, 0.15) is 48.9 Å². The molecule has 8 nitrogen and oxygen atoms in total. The number of ether oxygens (including phenoxy) is 2. The van der Waals surface area contributed by atoms with Gasteiger partial charge in [-0.2, -0.15) is 0 Å². The van der Waals surface area contributed by atoms with Crippen molar-refractivity contribution in [3.05, 3.63) is 97.4 Å². The number of methoxy groups -OCH3 is 1. The van der Waals surface area contributed by atoms with Crippen molar-refractivity contribution in [2.45, 2.75) is 42.3 Å². The summed E-state index contributed by atoms with van der Waals surface area (Å²) in [7, 11) is 1.53. The molecule has 0 aliphatic carbocycles. The van der Waals surface area contributed by atoms with E-state index in [-0.39, 0.29) is 16.5 Å². The van der Waals surface area contributed by atoms with Gasteiger partial charge < -0.3 is 14.6 Å². The van der Waals surface area contributed by atoms with E-state index in [0.717, 1.165) is 40.6 Å². The van der Waals surface area contributed by atoms with Gasteiger partial charge in [-0.25, -0.2) is 0 Å². The van der Waals surface area contributed by atoms with Crippen LogP contribution in [-0.2, 0) is 15.3 Å². The molecule has 5 rings (SSSR count). The van der Waals surface area contributed by atoms with E-state index in [0.29, 0.717) is 49.4 Å². The number of Topliss-reactive ketones (excluding diaryl/α,β-unsaturated/α-hetero) is 1. The second-order valence-corrected chi connectivity index (χ2v) is 14.0. The van der Waals surface area contributed by atoms with Crippen molar-refractivity contribution in [1.29, 1.82) is 0 Å². The number of carbonyl (C=O) groups excluding carboxylic acids is 2. The first kappa shape index (κ1) is 33.3. The maximum atomic E-state index is 13.6. The number of anilines is 1. The molecule has 0 saturated carbocycles. The monoisotopic (exact) mass is 747 g/mol. The molecule has 0 bridgehead atoms. The molecule has 1 amide bonds. The predicted molar refractivity (Wildman–Crippen MR) is 183 cm³/mol. The summed E-state index contributed by atoms with van der Waals surface area (Å²) >= 11 is 18.3. The number of aromatic nitrogens is 2. The summed E-state index contributed by atoms with van der Waals surface area (Å²) in [6.07, 6.45) is 3.01. The normalized spacial score (nSPS) is 15.9. The third-order valence-electron chi connectivity index (χ3n) is 7.04. The Bertz CT molecular complexity index is 1750. The van der Waals surface area contributed by atoms with Crippen molar-refractivity contribution < 1.29 is 24.2 Å². The molecule has 0 radical (unpaired) electrons. The number of nitrogens with zero attached hydrogens (tertiary/aromatic N) is 3. The first-order chi connectivity index (χ1) is 21.7. The molecule has 234 valence electrons. The molecule has 1 aliphatic rings. The molecule has 3 aromatic carbocycles. The van der Waals surface area contributed by atoms with Gasteiger partial charge in [0, 0.05) is 25.8 Å². The van der Waals surface area contributed by atoms with E-state index in [4.69, 9.17) is 32.7 Å². The lowest BCUT2D eigenvalue weighted by atomic mass is 9.95. The highest BCUT2D eigenvalue weighted by molar-refractivity contribution is 9.10. The Morgan fingerprint density at radius 2 is 1.82 bits per heavy atom. The standard InChI is InChI=1S/C32H28BrCl2N3O5S2/c1-3-4-5-14-43-24-13-9-19(15-25(24)42-2)27-26(28(39)18-6-10-21(33)11-7-18)29(40)30(41)38(27)31-36-37-32(45-31)44-17-20-8-12-22(34)16-23(20)35/h6-13,15-16,27,39H,3-5,14,17H2,1-2H3/b28-26-. The van der Waals surface area contributed by atoms with Crippen LogP contribution >= 0.6 is 62.2 Å². The molecule has 1 saturated heterocycles. The van der Waals surface area contributed by atoms with Crippen molar-refractivity contribution in [3.63, 3.8) is 0 Å². The number of ketones is 1. The first-order valence-corrected chi connectivity index (χ1v) is 17.3. The average molecular weight is 750 g/mol. The van der Waals surface area contributed by atoms with Gasteiger partial charge in [-0.1, -0.05) is 106 Å². The quantitative estimate of drug-likeness (QED) is 0.0383. The molecular formula is C32H28BrCl2N3O5S2. The van der Waals surface area contributed by atoms with Gasteiger partial charge in [0.2, 0.25) is 5.13 Å². The molecule has 2 heterocycles. The third kappa shape index (κ3) is 7.49. The number of rotatable bonds is 12. The van der Waals surface area contributed by atoms with E-state index in [1.54, 1.807) is 54.6 Å². The second kappa shape index (κ2) is 15.0. The smallest absolute Gasteiger partial charge is 0.301 e. The number of amides is 1. The van der Waals surface area contributed by atoms with Gasteiger partial charge in [0.05, 0.1) is 25.3 Å². The van der Waals surface area contributed by atoms with Crippen LogP contribution in [0.15, 0.2) is 75.0 Å². The largest absolute Gasteiger partial charge is 0.507 e. The zero-order chi connectivity index (χ0) is 32.1. The van der Waals surface area contributed by atoms with E-state index in [9.17, 15) is 14.7 Å². The van der Waals surface area contributed by atoms with Crippen LogP contribution in [0.3, 0.4) is 0 Å². The molecule has 13 heteroatoms. The number of benzene rings is 3. The topological polar surface area (TPSA) is 102 Å². The fourth-order valence-corrected chi connectivity index (χ4v) is 7.44. The van der Waals surface area contributed by atoms with E-state index < -0.39 is 17.7 Å². The molecule has 0 spiro atoms. The van der Waals surface area contributed by atoms with E-state index in [1.807, 2.05) is 6.07 Å². The maximum Gasteiger partial charge on any atom is 0.301 e. The molecule has 1 fully saturated rings. The van der Waals surface area contributed by atoms with E-state index >= 15 is 0 Å². The number of hydrogen-bond donors (Lipinski definition) is 1. The molecule has 1 unspecified atom stereocenters. The van der Waals surface area contributed by atoms with Crippen LogP contribution in [-0.4, -0.2) is 40.7 Å². The summed E-state index contributed by atoms with van der Waals surface area (Å²) in [5.74, 6) is -0.497. The van der Waals surface area contributed by atoms with Crippen LogP contribution in [0.25, 0.3) is 5.76 Å². The number of aliphatic hydroxyl groups excluding tert-OH is 1. The van der Waals surface area contributed by atoms with Crippen LogP contribution in [0.5, 0.6) is 11.5 Å². The molecule has 4 aromatic rings. The van der Waals surface area contributed by atoms with Crippen molar-refractivity contribution >= 4 is 84.8 Å². The van der Waals surface area contributed by atoms with Gasteiger partial charge >= 0.3 is 5.91 Å². The van der Waals surface area contributed by atoms with Crippen LogP contribution in [0.4, 0.5) is 5.13 Å². The molecule has 1 N–H and O–H groups in total. The summed E-state index contributed by atoms with van der Waals surface area (Å²) in [6, 6.07) is 16.3. The zero-order valence-electron chi connectivity index (χ0n) is 24.3. The summed E-state index contributed by atoms with van der Waals surface area (Å²) in [4.78, 5) is 28.5. The number of carbonyl (C=O) groups is 2. The summed E-state index contributed by atoms with van der Waals surface area (Å²) < 4.78 is 13.0. The Morgan fingerprint density at radius 3 is 2.53 bits per heavy atom. The number of unbranched alkanes of at least 4 members (excludes halogenated alkanes) is 2. The number of aliphatic hydroxyl groups is 1. The Labute approximate surface area is 287 Å². The van der Waals surface area contributed by atoms with Crippen LogP contribution < -0.4 is 14.4 Å². The average Bonchev–Trinajstić information content (AvgIpc) is 3.60. The lowest BCUT2D eigenvalue weighted by molar-refractivity contribution is -0.132. The molecular weight excluding hydrogens is 721 g/mol. The third-order valence-corrected chi connectivity index (χ3v) is 10.3. The minimum Gasteiger partial charge on any atom is -0.507 e. The van der Waals surface area contributed by atoms with Gasteiger partial charge in [-0.05, 0) is 53.9 Å². The van der Waals surface area contributed by atoms with E-state index in [1.165, 1.54) is 23.8 Å². The summed E-state index contributed by atoms with van der Waals surface area (Å²) in [5, 5.41) is 21.3. The second-order valence-electron chi connectivity index (χ2n) is 10.0. The first-order valence-electron chi connectivity index (χ1n) is 14.0. The highest BCUT2D eigenvalue weighted by Gasteiger charge is 2.48. The minimum atomic E-state index is -1.01. The Hall–Kier alpha value is -3.09. The predicted octanol–water partition coefficient (Wildman–Crippen LogP) is 9.10.